The van der Waals surface area contributed by atoms with Crippen LogP contribution >= 0.6 is 11.6 Å². The largest absolute Gasteiger partial charge is 0.323 e. The Morgan fingerprint density at radius 1 is 1.10 bits per heavy atom. The number of halogens is 1. The Kier molecular flexibility index (Phi) is 6.13. The van der Waals surface area contributed by atoms with Gasteiger partial charge in [0.2, 0.25) is 5.91 Å². The third-order valence-electron chi connectivity index (χ3n) is 5.04. The molecule has 1 unspecified atom stereocenters. The lowest BCUT2D eigenvalue weighted by Crippen LogP contribution is -2.46. The van der Waals surface area contributed by atoms with Gasteiger partial charge >= 0.3 is 0 Å². The van der Waals surface area contributed by atoms with E-state index < -0.39 is 17.1 Å². The number of rotatable bonds is 5. The van der Waals surface area contributed by atoms with Crippen molar-refractivity contribution in [2.45, 2.75) is 23.9 Å². The average molecular weight is 456 g/mol. The van der Waals surface area contributed by atoms with Crippen LogP contribution in [0.5, 0.6) is 0 Å². The first-order valence-corrected chi connectivity index (χ1v) is 10.9. The summed E-state index contributed by atoms with van der Waals surface area (Å²) >= 11 is 3.98. The molecule has 0 saturated heterocycles. The van der Waals surface area contributed by atoms with E-state index in [-0.39, 0.29) is 29.7 Å². The van der Waals surface area contributed by atoms with Crippen LogP contribution in [0.25, 0.3) is 0 Å². The molecule has 2 amide bonds. The second-order valence-electron chi connectivity index (χ2n) is 7.09. The first-order valence-electron chi connectivity index (χ1n) is 9.42. The van der Waals surface area contributed by atoms with E-state index in [1.807, 2.05) is 6.07 Å². The molecule has 7 nitrogen and oxygen atoms in total. The van der Waals surface area contributed by atoms with Crippen LogP contribution in [-0.4, -0.2) is 36.5 Å². The molecule has 2 heterocycles. The first-order chi connectivity index (χ1) is 14.9. The van der Waals surface area contributed by atoms with Gasteiger partial charge in [0, 0.05) is 30.4 Å². The van der Waals surface area contributed by atoms with Crippen LogP contribution in [0.4, 0.5) is 5.69 Å². The average Bonchev–Trinajstić information content (AvgIpc) is 2.85. The summed E-state index contributed by atoms with van der Waals surface area (Å²) in [5.41, 5.74) is 2.26. The predicted molar refractivity (Wildman–Crippen MR) is 117 cm³/mol. The number of nitrogens with one attached hydrogen (secondary N) is 1. The minimum atomic E-state index is -2.09. The molecule has 2 N–H and O–H groups in total. The molecule has 0 bridgehead atoms. The third kappa shape index (κ3) is 4.66. The smallest absolute Gasteiger partial charge is 0.256 e. The number of anilines is 1. The molecule has 2 aromatic carbocycles. The van der Waals surface area contributed by atoms with Gasteiger partial charge in [0.25, 0.3) is 5.91 Å². The summed E-state index contributed by atoms with van der Waals surface area (Å²) in [6, 6.07) is 14.0. The van der Waals surface area contributed by atoms with Crippen LogP contribution in [0.1, 0.15) is 21.5 Å². The molecule has 0 fully saturated rings. The summed E-state index contributed by atoms with van der Waals surface area (Å²) in [4.78, 5) is 32.5. The Balaban J connectivity index is 1.73. The number of aromatic nitrogens is 1. The number of fused-ring (bicyclic) bond motifs is 1. The normalized spacial score (nSPS) is 17.0. The van der Waals surface area contributed by atoms with Gasteiger partial charge in [-0.25, -0.2) is 4.21 Å². The number of benzene rings is 2. The van der Waals surface area contributed by atoms with Crippen molar-refractivity contribution in [1.29, 1.82) is 0 Å². The molecule has 3 aromatic rings. The molecule has 1 aliphatic heterocycles. The lowest BCUT2D eigenvalue weighted by Gasteiger charge is -2.29. The summed E-state index contributed by atoms with van der Waals surface area (Å²) in [6.45, 7) is 0.150. The maximum Gasteiger partial charge on any atom is 0.256 e. The fourth-order valence-corrected chi connectivity index (χ4v) is 4.04. The van der Waals surface area contributed by atoms with Crippen LogP contribution in [-0.2, 0) is 28.8 Å². The maximum absolute atomic E-state index is 13.5. The van der Waals surface area contributed by atoms with E-state index in [4.69, 9.17) is 11.6 Å². The van der Waals surface area contributed by atoms with Crippen molar-refractivity contribution in [1.82, 2.24) is 9.88 Å². The van der Waals surface area contributed by atoms with Gasteiger partial charge in [0.05, 0.1) is 16.1 Å². The summed E-state index contributed by atoms with van der Waals surface area (Å²) in [5.74, 6) is -0.639. The minimum Gasteiger partial charge on any atom is -0.323 e. The van der Waals surface area contributed by atoms with Crippen molar-refractivity contribution in [3.63, 3.8) is 0 Å². The molecule has 0 radical (unpaired) electrons. The molecule has 158 valence electrons. The lowest BCUT2D eigenvalue weighted by molar-refractivity contribution is -0.120. The lowest BCUT2D eigenvalue weighted by atomic mass is 10.0. The Morgan fingerprint density at radius 3 is 2.55 bits per heavy atom. The SMILES string of the molecule is O=C1Nc2cc(Cl)ccc2C(=O)N(Cc2ccc(S(=O)O)cc2)[C@@H]1Cc1cccnc1. The zero-order valence-corrected chi connectivity index (χ0v) is 17.8. The van der Waals surface area contributed by atoms with E-state index >= 15 is 0 Å². The number of hydrogen-bond acceptors (Lipinski definition) is 4. The van der Waals surface area contributed by atoms with Crippen LogP contribution in [0.2, 0.25) is 5.02 Å². The first kappa shape index (κ1) is 21.2. The third-order valence-corrected chi connectivity index (χ3v) is 5.95. The summed E-state index contributed by atoms with van der Waals surface area (Å²) < 4.78 is 20.5. The van der Waals surface area contributed by atoms with E-state index in [9.17, 15) is 18.4 Å². The van der Waals surface area contributed by atoms with Crippen molar-refractivity contribution in [3.8, 4) is 0 Å². The fourth-order valence-electron chi connectivity index (χ4n) is 3.50. The van der Waals surface area contributed by atoms with E-state index in [1.54, 1.807) is 48.8 Å². The van der Waals surface area contributed by atoms with E-state index in [1.165, 1.54) is 17.0 Å². The monoisotopic (exact) mass is 455 g/mol. The molecule has 0 aliphatic carbocycles. The topological polar surface area (TPSA) is 99.6 Å². The standard InChI is InChI=1S/C22H18ClN3O4S/c23-16-5-8-18-19(11-16)25-21(27)20(10-15-2-1-9-24-12-15)26(22(18)28)13-14-3-6-17(7-4-14)31(29)30/h1-9,11-12,20H,10,13H2,(H,25,27)(H,29,30)/t20-/m1/s1. The van der Waals surface area contributed by atoms with E-state index in [2.05, 4.69) is 10.3 Å². The van der Waals surface area contributed by atoms with Crippen LogP contribution in [0.15, 0.2) is 71.9 Å². The zero-order chi connectivity index (χ0) is 22.0. The van der Waals surface area contributed by atoms with Crippen molar-refractivity contribution in [2.24, 2.45) is 0 Å². The molecule has 1 aromatic heterocycles. The molecule has 0 saturated carbocycles. The van der Waals surface area contributed by atoms with Crippen molar-refractivity contribution >= 4 is 40.2 Å². The van der Waals surface area contributed by atoms with Gasteiger partial charge in [-0.05, 0) is 47.5 Å². The second kappa shape index (κ2) is 8.97. The Labute approximate surface area is 186 Å². The number of amides is 2. The van der Waals surface area contributed by atoms with Crippen LogP contribution < -0.4 is 5.32 Å². The van der Waals surface area contributed by atoms with Gasteiger partial charge in [0.15, 0.2) is 11.1 Å². The van der Waals surface area contributed by atoms with Crippen molar-refractivity contribution in [3.05, 3.63) is 88.7 Å². The fraction of sp³-hybridized carbons (Fsp3) is 0.136. The number of nitrogens with zero attached hydrogens (tertiary/aromatic N) is 2. The van der Waals surface area contributed by atoms with Gasteiger partial charge in [0.1, 0.15) is 6.04 Å². The highest BCUT2D eigenvalue weighted by Crippen LogP contribution is 2.28. The minimum absolute atomic E-state index is 0.150. The van der Waals surface area contributed by atoms with Crippen LogP contribution in [0, 0.1) is 0 Å². The molecule has 2 atom stereocenters. The van der Waals surface area contributed by atoms with Crippen molar-refractivity contribution in [2.75, 3.05) is 5.32 Å². The van der Waals surface area contributed by atoms with Gasteiger partial charge in [-0.2, -0.15) is 0 Å². The number of carbonyl (C=O) groups is 2. The van der Waals surface area contributed by atoms with Gasteiger partial charge in [-0.3, -0.25) is 14.6 Å². The van der Waals surface area contributed by atoms with Gasteiger partial charge in [-0.1, -0.05) is 29.8 Å². The molecule has 31 heavy (non-hydrogen) atoms. The van der Waals surface area contributed by atoms with E-state index in [0.29, 0.717) is 16.3 Å². The summed E-state index contributed by atoms with van der Waals surface area (Å²) in [6.07, 6.45) is 3.59. The molecule has 1 aliphatic rings. The molecule has 0 spiro atoms. The Morgan fingerprint density at radius 2 is 1.87 bits per heavy atom. The van der Waals surface area contributed by atoms with Crippen molar-refractivity contribution < 1.29 is 18.4 Å². The van der Waals surface area contributed by atoms with Gasteiger partial charge in [-0.15, -0.1) is 0 Å². The molecule has 4 rings (SSSR count). The zero-order valence-electron chi connectivity index (χ0n) is 16.2. The maximum atomic E-state index is 13.5. The highest BCUT2D eigenvalue weighted by molar-refractivity contribution is 7.79. The van der Waals surface area contributed by atoms with E-state index in [0.717, 1.165) is 11.1 Å². The molecular formula is C22H18ClN3O4S. The quantitative estimate of drug-likeness (QED) is 0.573. The van der Waals surface area contributed by atoms with Crippen LogP contribution in [0.3, 0.4) is 0 Å². The predicted octanol–water partition coefficient (Wildman–Crippen LogP) is 3.52. The second-order valence-corrected chi connectivity index (χ2v) is 8.49. The molecular weight excluding hydrogens is 438 g/mol. The molecule has 9 heteroatoms. The summed E-state index contributed by atoms with van der Waals surface area (Å²) in [7, 11) is 0. The Bertz CT molecular complexity index is 1160. The Hall–Kier alpha value is -3.07. The van der Waals surface area contributed by atoms with Gasteiger partial charge < -0.3 is 14.8 Å². The number of pyridine rings is 1. The highest BCUT2D eigenvalue weighted by atomic mass is 35.5. The summed E-state index contributed by atoms with van der Waals surface area (Å²) in [5, 5.41) is 3.24. The number of hydrogen-bond donors (Lipinski definition) is 2. The number of carbonyl (C=O) groups excluding carboxylic acids is 2. The highest BCUT2D eigenvalue weighted by Gasteiger charge is 2.35.